The van der Waals surface area contributed by atoms with Crippen molar-refractivity contribution in [1.29, 1.82) is 0 Å². The third-order valence-corrected chi connectivity index (χ3v) is 10.8. The summed E-state index contributed by atoms with van der Waals surface area (Å²) < 4.78 is 43.4. The van der Waals surface area contributed by atoms with E-state index in [2.05, 4.69) is 20.9 Å². The fourth-order valence-corrected chi connectivity index (χ4v) is 6.87. The quantitative estimate of drug-likeness (QED) is 0.0367. The maximum atomic E-state index is 11.8. The van der Waals surface area contributed by atoms with Crippen LogP contribution in [0.2, 0.25) is 0 Å². The first-order chi connectivity index (χ1) is 38.4. The molecule has 26 nitrogen and oxygen atoms in total. The lowest BCUT2D eigenvalue weighted by atomic mass is 10.1. The summed E-state index contributed by atoms with van der Waals surface area (Å²) >= 11 is 0. The molecule has 0 spiro atoms. The standard InChI is InChI=1S/C24H48N2O9.C14H26N4O5.C9H20N2O.2C2H6.CH2O2.CH2O/c1-25-5-9-29-11-13-31-15-17-33-19-21-35-23-22-34-20-18-32-16-14-30-12-10-28-8-4-24(27)26-6-2-3-7-26;1-2-15-3-4-16(7-8-19)12-18(10-14(22)23)6-5-17(11-15)9-13(20)21;1-8(12)9(11-3)6-4-5-7-10-2;2*1-2;2-1-3;1-2/h25H,2-23H2,1H3;8H,2-7,9-12H2,1H3,(H,20,21)(H,22,23);9-11H,4-7H2,1-3H3;2*1-2H3;1H,(H,2,3);1H2. The Bertz CT molecular complexity index is 1330. The Hall–Kier alpha value is -3.71. The second-order valence-electron chi connectivity index (χ2n) is 16.6. The third-order valence-electron chi connectivity index (χ3n) is 10.8. The molecule has 0 aromatic heterocycles. The molecule has 26 heteroatoms. The Kier molecular flexibility index (Phi) is 74.9. The number of ketones is 1. The second kappa shape index (κ2) is 70.4. The van der Waals surface area contributed by atoms with Crippen LogP contribution in [-0.2, 0) is 71.5 Å². The monoisotopic (exact) mass is 1150 g/mol. The zero-order valence-corrected chi connectivity index (χ0v) is 50.1. The van der Waals surface area contributed by atoms with Gasteiger partial charge in [-0.3, -0.25) is 43.6 Å². The molecule has 2 aliphatic heterocycles. The van der Waals surface area contributed by atoms with Crippen LogP contribution in [0.4, 0.5) is 0 Å². The number of hydrogen-bond donors (Lipinski definition) is 6. The molecule has 0 aromatic rings. The Labute approximate surface area is 474 Å². The summed E-state index contributed by atoms with van der Waals surface area (Å²) in [4.78, 5) is 81.4. The van der Waals surface area contributed by atoms with Crippen LogP contribution in [0.15, 0.2) is 0 Å². The first kappa shape index (κ1) is 84.1. The van der Waals surface area contributed by atoms with Gasteiger partial charge < -0.3 is 83.7 Å². The topological polar surface area (TPSA) is 306 Å². The molecule has 0 bridgehead atoms. The van der Waals surface area contributed by atoms with Crippen LogP contribution in [0.25, 0.3) is 0 Å². The Morgan fingerprint density at radius 3 is 1.24 bits per heavy atom. The number of carboxylic acids is 2. The van der Waals surface area contributed by atoms with E-state index >= 15 is 0 Å². The molecule has 6 N–H and O–H groups in total. The molecular formula is C53H110N8O18. The van der Waals surface area contributed by atoms with Gasteiger partial charge in [-0.1, -0.05) is 41.0 Å². The van der Waals surface area contributed by atoms with Gasteiger partial charge in [0.25, 0.3) is 6.47 Å². The highest BCUT2D eigenvalue weighted by molar-refractivity contribution is 5.81. The van der Waals surface area contributed by atoms with Crippen molar-refractivity contribution in [1.82, 2.24) is 40.4 Å². The molecule has 1 unspecified atom stereocenters. The minimum Gasteiger partial charge on any atom is -0.483 e. The van der Waals surface area contributed by atoms with Gasteiger partial charge in [0.1, 0.15) is 18.9 Å². The normalized spacial score (nSPS) is 14.3. The molecule has 0 aromatic carbocycles. The molecule has 1 amide bonds. The van der Waals surface area contributed by atoms with Crippen LogP contribution < -0.4 is 16.0 Å². The number of hydrogen-bond acceptors (Lipinski definition) is 22. The van der Waals surface area contributed by atoms with Crippen molar-refractivity contribution in [3.8, 4) is 0 Å². The van der Waals surface area contributed by atoms with Crippen molar-refractivity contribution < 1.29 is 86.8 Å². The zero-order chi connectivity index (χ0) is 60.4. The van der Waals surface area contributed by atoms with Gasteiger partial charge in [-0.2, -0.15) is 0 Å². The lowest BCUT2D eigenvalue weighted by Crippen LogP contribution is -2.51. The predicted molar refractivity (Wildman–Crippen MR) is 304 cm³/mol. The highest BCUT2D eigenvalue weighted by Gasteiger charge is 2.21. The average molecular weight is 1150 g/mol. The van der Waals surface area contributed by atoms with E-state index in [0.717, 1.165) is 71.1 Å². The minimum absolute atomic E-state index is 0.0573. The number of unbranched alkanes of at least 4 members (excludes halogenated alkanes) is 1. The minimum atomic E-state index is -0.937. The molecule has 1 atom stereocenters. The number of carbonyl (C=O) groups excluding carboxylic acids is 4. The number of aliphatic carboxylic acids is 2. The summed E-state index contributed by atoms with van der Waals surface area (Å²) in [6.45, 7) is 29.6. The van der Waals surface area contributed by atoms with E-state index < -0.39 is 11.9 Å². The fraction of sp³-hybridized carbons (Fsp3) is 0.868. The number of aldehydes is 1. The van der Waals surface area contributed by atoms with E-state index in [0.29, 0.717) is 152 Å². The summed E-state index contributed by atoms with van der Waals surface area (Å²) in [6, 6.07) is 0.0573. The highest BCUT2D eigenvalue weighted by Crippen LogP contribution is 2.09. The molecule has 2 fully saturated rings. The molecule has 2 heterocycles. The van der Waals surface area contributed by atoms with E-state index in [9.17, 15) is 24.0 Å². The third kappa shape index (κ3) is 63.3. The number of ether oxygens (including phenoxy) is 8. The summed E-state index contributed by atoms with van der Waals surface area (Å²) in [5.41, 5.74) is 0. The smallest absolute Gasteiger partial charge is 0.317 e. The molecule has 470 valence electrons. The lowest BCUT2D eigenvalue weighted by molar-refractivity contribution is -0.141. The largest absolute Gasteiger partial charge is 0.483 e. The molecule has 2 saturated heterocycles. The van der Waals surface area contributed by atoms with Gasteiger partial charge in [0.05, 0.1) is 151 Å². The number of rotatable bonds is 41. The van der Waals surface area contributed by atoms with Crippen LogP contribution in [0, 0.1) is 0 Å². The van der Waals surface area contributed by atoms with Crippen LogP contribution in [0.1, 0.15) is 80.1 Å². The van der Waals surface area contributed by atoms with Crippen molar-refractivity contribution >= 4 is 43.2 Å². The van der Waals surface area contributed by atoms with Gasteiger partial charge in [0, 0.05) is 45.8 Å². The number of carbonyl (C=O) groups is 7. The van der Waals surface area contributed by atoms with Crippen LogP contribution in [0.3, 0.4) is 0 Å². The molecule has 2 rings (SSSR count). The Morgan fingerprint density at radius 2 is 0.899 bits per heavy atom. The number of likely N-dealkylation sites (N-methyl/N-ethyl adjacent to an activating group) is 3. The van der Waals surface area contributed by atoms with Gasteiger partial charge in [-0.05, 0) is 66.8 Å². The van der Waals surface area contributed by atoms with Crippen molar-refractivity contribution in [2.75, 3.05) is 219 Å². The van der Waals surface area contributed by atoms with Gasteiger partial charge >= 0.3 is 11.9 Å². The van der Waals surface area contributed by atoms with Gasteiger partial charge in [-0.15, -0.1) is 0 Å². The Morgan fingerprint density at radius 1 is 0.544 bits per heavy atom. The summed E-state index contributed by atoms with van der Waals surface area (Å²) in [7, 11) is 5.68. The summed E-state index contributed by atoms with van der Waals surface area (Å²) in [6.07, 6.45) is 6.70. The van der Waals surface area contributed by atoms with E-state index in [1.807, 2.05) is 72.4 Å². The predicted octanol–water partition coefficient (Wildman–Crippen LogP) is 0.983. The maximum absolute atomic E-state index is 11.8. The molecule has 0 saturated carbocycles. The Balaban J connectivity index is -0.000000354. The highest BCUT2D eigenvalue weighted by atomic mass is 16.6. The van der Waals surface area contributed by atoms with Gasteiger partial charge in [-0.25, -0.2) is 0 Å². The molecular weight excluding hydrogens is 1040 g/mol. The van der Waals surface area contributed by atoms with E-state index in [1.54, 1.807) is 16.7 Å². The molecule has 0 radical (unpaired) electrons. The molecule has 79 heavy (non-hydrogen) atoms. The van der Waals surface area contributed by atoms with Crippen LogP contribution in [0.5, 0.6) is 0 Å². The first-order valence-electron chi connectivity index (χ1n) is 27.9. The van der Waals surface area contributed by atoms with Crippen LogP contribution >= 0.6 is 0 Å². The SMILES string of the molecule is C=O.CC.CC.CCN1CCN(CC=O)CN(CC(=O)O)CCN(CC(=O)O)C1.CNCCCCC(NC)C(C)=O.CNCCOCCOCCOCCOCCOCCOCCOCCOCCC(=O)N1CCCC1.O=CO. The second-order valence-corrected chi connectivity index (χ2v) is 16.6. The number of nitrogens with zero attached hydrogens (tertiary/aromatic N) is 5. The van der Waals surface area contributed by atoms with Crippen molar-refractivity contribution in [2.24, 2.45) is 0 Å². The molecule has 2 aliphatic rings. The zero-order valence-electron chi connectivity index (χ0n) is 50.1. The summed E-state index contributed by atoms with van der Waals surface area (Å²) in [5, 5.41) is 34.0. The van der Waals surface area contributed by atoms with Gasteiger partial charge in [0.15, 0.2) is 0 Å². The van der Waals surface area contributed by atoms with Crippen LogP contribution in [-0.4, -0.2) is 308 Å². The lowest BCUT2D eigenvalue weighted by Gasteiger charge is -2.36. The van der Waals surface area contributed by atoms with Crippen molar-refractivity contribution in [3.05, 3.63) is 0 Å². The fourth-order valence-electron chi connectivity index (χ4n) is 6.87. The van der Waals surface area contributed by atoms with E-state index in [1.165, 1.54) is 0 Å². The average Bonchev–Trinajstić information content (AvgIpc) is 4.00. The van der Waals surface area contributed by atoms with Gasteiger partial charge in [0.2, 0.25) is 5.91 Å². The van der Waals surface area contributed by atoms with E-state index in [-0.39, 0.29) is 43.8 Å². The number of amides is 1. The maximum Gasteiger partial charge on any atom is 0.317 e. The number of nitrogens with one attached hydrogen (secondary N) is 3. The van der Waals surface area contributed by atoms with Crippen molar-refractivity contribution in [2.45, 2.75) is 86.1 Å². The first-order valence-corrected chi connectivity index (χ1v) is 27.9. The summed E-state index contributed by atoms with van der Waals surface area (Å²) in [5.74, 6) is -1.41. The number of Topliss-reactive ketones (excluding diaryl/α,β-unsaturated/α-hetero) is 1. The molecule has 0 aliphatic carbocycles. The number of likely N-dealkylation sites (tertiary alicyclic amines) is 1. The number of carboxylic acid groups (broad SMARTS) is 3. The van der Waals surface area contributed by atoms with Crippen molar-refractivity contribution in [3.63, 3.8) is 0 Å². The van der Waals surface area contributed by atoms with E-state index in [4.69, 9.17) is 62.8 Å².